The lowest BCUT2D eigenvalue weighted by atomic mass is 10.2. The van der Waals surface area contributed by atoms with Gasteiger partial charge >= 0.3 is 0 Å². The first-order valence-corrected chi connectivity index (χ1v) is 11.2. The highest BCUT2D eigenvalue weighted by molar-refractivity contribution is 7.89. The number of nitrogens with one attached hydrogen (secondary N) is 1. The summed E-state index contributed by atoms with van der Waals surface area (Å²) < 4.78 is 28.4. The lowest BCUT2D eigenvalue weighted by molar-refractivity contribution is 0.0951. The highest BCUT2D eigenvalue weighted by atomic mass is 35.5. The van der Waals surface area contributed by atoms with Crippen LogP contribution in [0.3, 0.4) is 0 Å². The Kier molecular flexibility index (Phi) is 6.86. The van der Waals surface area contributed by atoms with E-state index in [0.717, 1.165) is 11.3 Å². The highest BCUT2D eigenvalue weighted by Crippen LogP contribution is 2.23. The van der Waals surface area contributed by atoms with E-state index in [9.17, 15) is 13.2 Å². The van der Waals surface area contributed by atoms with Gasteiger partial charge in [0.2, 0.25) is 10.0 Å². The lowest BCUT2D eigenvalue weighted by Crippen LogP contribution is -2.31. The number of carbonyl (C=O) groups excluding carboxylic acids is 1. The van der Waals surface area contributed by atoms with Gasteiger partial charge in [-0.05, 0) is 35.9 Å². The third-order valence-electron chi connectivity index (χ3n) is 4.60. The molecule has 0 aliphatic carbocycles. The summed E-state index contributed by atoms with van der Waals surface area (Å²) in [6.45, 7) is 4.47. The van der Waals surface area contributed by atoms with Crippen molar-refractivity contribution >= 4 is 27.5 Å². The zero-order chi connectivity index (χ0) is 21.7. The van der Waals surface area contributed by atoms with Crippen LogP contribution >= 0.6 is 11.6 Å². The molecule has 2 aromatic carbocycles. The smallest absolute Gasteiger partial charge is 0.253 e. The average Bonchev–Trinajstić information content (AvgIpc) is 3.28. The summed E-state index contributed by atoms with van der Waals surface area (Å²) in [6.07, 6.45) is 3.05. The van der Waals surface area contributed by atoms with Gasteiger partial charge in [-0.15, -0.1) is 0 Å². The number of benzene rings is 2. The molecule has 0 radical (unpaired) electrons. The Labute approximate surface area is 180 Å². The van der Waals surface area contributed by atoms with Gasteiger partial charge in [0.15, 0.2) is 0 Å². The topological polar surface area (TPSA) is 97.2 Å². The molecule has 1 N–H and O–H groups in total. The van der Waals surface area contributed by atoms with E-state index in [1.54, 1.807) is 24.9 Å². The Hall–Kier alpha value is -2.75. The maximum Gasteiger partial charge on any atom is 0.253 e. The number of halogens is 1. The van der Waals surface area contributed by atoms with E-state index in [0.29, 0.717) is 13.1 Å². The minimum Gasteiger partial charge on any atom is -0.348 e. The molecule has 0 aliphatic rings. The molecular formula is C20H22ClN5O3S. The molecule has 0 saturated heterocycles. The number of hydrogen-bond acceptors (Lipinski definition) is 5. The third-order valence-corrected chi connectivity index (χ3v) is 6.97. The normalized spacial score (nSPS) is 11.6. The Bertz CT molecular complexity index is 1110. The van der Waals surface area contributed by atoms with Gasteiger partial charge in [0.05, 0.1) is 21.2 Å². The Balaban J connectivity index is 1.74. The van der Waals surface area contributed by atoms with Crippen LogP contribution in [-0.4, -0.2) is 46.5 Å². The summed E-state index contributed by atoms with van der Waals surface area (Å²) in [5.74, 6) is -0.447. The van der Waals surface area contributed by atoms with E-state index in [1.165, 1.54) is 28.8 Å². The second-order valence-electron chi connectivity index (χ2n) is 6.42. The second kappa shape index (κ2) is 9.38. The zero-order valence-electron chi connectivity index (χ0n) is 16.6. The molecule has 3 rings (SSSR count). The van der Waals surface area contributed by atoms with Crippen molar-refractivity contribution in [2.45, 2.75) is 25.3 Å². The quantitative estimate of drug-likeness (QED) is 0.572. The average molecular weight is 448 g/mol. The van der Waals surface area contributed by atoms with Crippen molar-refractivity contribution in [1.29, 1.82) is 0 Å². The highest BCUT2D eigenvalue weighted by Gasteiger charge is 2.23. The predicted octanol–water partition coefficient (Wildman–Crippen LogP) is 2.88. The second-order valence-corrected chi connectivity index (χ2v) is 8.77. The van der Waals surface area contributed by atoms with Gasteiger partial charge in [-0.1, -0.05) is 37.6 Å². The minimum absolute atomic E-state index is 0.0398. The zero-order valence-corrected chi connectivity index (χ0v) is 18.2. The molecule has 158 valence electrons. The molecule has 1 heterocycles. The molecule has 0 spiro atoms. The first-order chi connectivity index (χ1) is 14.4. The molecule has 10 heteroatoms. The van der Waals surface area contributed by atoms with Crippen molar-refractivity contribution < 1.29 is 13.2 Å². The fourth-order valence-electron chi connectivity index (χ4n) is 2.94. The van der Waals surface area contributed by atoms with E-state index >= 15 is 0 Å². The Morgan fingerprint density at radius 2 is 1.83 bits per heavy atom. The van der Waals surface area contributed by atoms with Crippen LogP contribution in [0.4, 0.5) is 0 Å². The number of amides is 1. The van der Waals surface area contributed by atoms with Gasteiger partial charge in [0.25, 0.3) is 5.91 Å². The van der Waals surface area contributed by atoms with Crippen LogP contribution in [0.5, 0.6) is 0 Å². The van der Waals surface area contributed by atoms with Crippen molar-refractivity contribution in [3.8, 4) is 5.69 Å². The van der Waals surface area contributed by atoms with E-state index in [2.05, 4.69) is 15.4 Å². The maximum atomic E-state index is 12.7. The number of rotatable bonds is 8. The summed E-state index contributed by atoms with van der Waals surface area (Å²) in [5, 5.41) is 7.03. The first kappa shape index (κ1) is 21.9. The van der Waals surface area contributed by atoms with Gasteiger partial charge in [0, 0.05) is 19.6 Å². The van der Waals surface area contributed by atoms with E-state index in [1.807, 2.05) is 24.3 Å². The SMILES string of the molecule is CCN(CC)S(=O)(=O)c1ccc(Cl)c(C(=O)NCc2ccc(-n3cncn3)cc2)c1. The van der Waals surface area contributed by atoms with E-state index in [4.69, 9.17) is 11.6 Å². The van der Waals surface area contributed by atoms with Crippen LogP contribution in [0, 0.1) is 0 Å². The fourth-order valence-corrected chi connectivity index (χ4v) is 4.63. The monoisotopic (exact) mass is 447 g/mol. The van der Waals surface area contributed by atoms with E-state index < -0.39 is 15.9 Å². The van der Waals surface area contributed by atoms with Crippen molar-refractivity contribution in [1.82, 2.24) is 24.4 Å². The molecule has 8 nitrogen and oxygen atoms in total. The molecule has 1 aromatic heterocycles. The van der Waals surface area contributed by atoms with Gasteiger partial charge in [-0.3, -0.25) is 4.79 Å². The molecule has 0 saturated carbocycles. The summed E-state index contributed by atoms with van der Waals surface area (Å²) in [6, 6.07) is 11.6. The van der Waals surface area contributed by atoms with Crippen LogP contribution in [0.25, 0.3) is 5.69 Å². The summed E-state index contributed by atoms with van der Waals surface area (Å²) in [7, 11) is -3.69. The van der Waals surface area contributed by atoms with Crippen molar-refractivity contribution in [3.63, 3.8) is 0 Å². The van der Waals surface area contributed by atoms with Crippen molar-refractivity contribution in [2.24, 2.45) is 0 Å². The molecule has 0 bridgehead atoms. The molecule has 3 aromatic rings. The fraction of sp³-hybridized carbons (Fsp3) is 0.250. The van der Waals surface area contributed by atoms with Crippen molar-refractivity contribution in [2.75, 3.05) is 13.1 Å². The van der Waals surface area contributed by atoms with Gasteiger partial charge in [-0.25, -0.2) is 18.1 Å². The van der Waals surface area contributed by atoms with Crippen LogP contribution in [-0.2, 0) is 16.6 Å². The summed E-state index contributed by atoms with van der Waals surface area (Å²) in [5.41, 5.74) is 1.83. The van der Waals surface area contributed by atoms with Gasteiger partial charge in [-0.2, -0.15) is 9.40 Å². The molecule has 30 heavy (non-hydrogen) atoms. The minimum atomic E-state index is -3.69. The van der Waals surface area contributed by atoms with Crippen LogP contribution < -0.4 is 5.32 Å². The molecule has 0 atom stereocenters. The predicted molar refractivity (Wildman–Crippen MR) is 114 cm³/mol. The Morgan fingerprint density at radius 3 is 2.43 bits per heavy atom. The lowest BCUT2D eigenvalue weighted by Gasteiger charge is -2.19. The Morgan fingerprint density at radius 1 is 1.13 bits per heavy atom. The summed E-state index contributed by atoms with van der Waals surface area (Å²) >= 11 is 6.16. The van der Waals surface area contributed by atoms with Crippen molar-refractivity contribution in [3.05, 3.63) is 71.3 Å². The molecular weight excluding hydrogens is 426 g/mol. The molecule has 1 amide bonds. The number of aromatic nitrogens is 3. The molecule has 0 aliphatic heterocycles. The van der Waals surface area contributed by atoms with Crippen LogP contribution in [0.15, 0.2) is 60.0 Å². The first-order valence-electron chi connectivity index (χ1n) is 9.38. The van der Waals surface area contributed by atoms with Crippen LogP contribution in [0.1, 0.15) is 29.8 Å². The number of carbonyl (C=O) groups is 1. The largest absolute Gasteiger partial charge is 0.348 e. The standard InChI is InChI=1S/C20H22ClN5O3S/c1-3-25(4-2)30(28,29)17-9-10-19(21)18(11-17)20(27)23-12-15-5-7-16(8-6-15)26-14-22-13-24-26/h5-11,13-14H,3-4,12H2,1-2H3,(H,23,27). The third kappa shape index (κ3) is 4.69. The summed E-state index contributed by atoms with van der Waals surface area (Å²) in [4.78, 5) is 16.6. The number of sulfonamides is 1. The van der Waals surface area contributed by atoms with Gasteiger partial charge < -0.3 is 5.32 Å². The maximum absolute atomic E-state index is 12.7. The van der Waals surface area contributed by atoms with E-state index in [-0.39, 0.29) is 22.0 Å². The van der Waals surface area contributed by atoms with Crippen LogP contribution in [0.2, 0.25) is 5.02 Å². The molecule has 0 fully saturated rings. The van der Waals surface area contributed by atoms with Gasteiger partial charge in [0.1, 0.15) is 12.7 Å². The molecule has 0 unspecified atom stereocenters. The number of hydrogen-bond donors (Lipinski definition) is 1. The number of nitrogens with zero attached hydrogens (tertiary/aromatic N) is 4.